The summed E-state index contributed by atoms with van der Waals surface area (Å²) in [6.07, 6.45) is 2.94. The molecule has 118 valence electrons. The summed E-state index contributed by atoms with van der Waals surface area (Å²) in [5.74, 6) is 0. The average Bonchev–Trinajstić information content (AvgIpc) is 2.40. The number of sulfonamides is 1. The van der Waals surface area contributed by atoms with Crippen LogP contribution in [0.25, 0.3) is 0 Å². The highest BCUT2D eigenvalue weighted by Gasteiger charge is 2.25. The lowest BCUT2D eigenvalue weighted by molar-refractivity contribution is 0.208. The van der Waals surface area contributed by atoms with E-state index in [0.717, 1.165) is 50.0 Å². The molecule has 0 atom stereocenters. The van der Waals surface area contributed by atoms with Crippen molar-refractivity contribution in [2.45, 2.75) is 51.0 Å². The molecule has 1 aliphatic rings. The number of aryl methyl sites for hydroxylation is 2. The fourth-order valence-electron chi connectivity index (χ4n) is 2.97. The summed E-state index contributed by atoms with van der Waals surface area (Å²) in [6.45, 7) is 9.07. The number of benzene rings is 1. The lowest BCUT2D eigenvalue weighted by Crippen LogP contribution is -2.44. The third-order valence-electron chi connectivity index (χ3n) is 4.07. The maximum absolute atomic E-state index is 12.5. The van der Waals surface area contributed by atoms with Gasteiger partial charge < -0.3 is 4.90 Å². The van der Waals surface area contributed by atoms with E-state index in [1.807, 2.05) is 26.0 Å². The van der Waals surface area contributed by atoms with Crippen LogP contribution in [0.2, 0.25) is 0 Å². The first-order valence-electron chi connectivity index (χ1n) is 7.74. The predicted octanol–water partition coefficient (Wildman–Crippen LogP) is 2.46. The van der Waals surface area contributed by atoms with Crippen LogP contribution in [0.1, 0.15) is 37.3 Å². The molecule has 21 heavy (non-hydrogen) atoms. The molecule has 1 aliphatic heterocycles. The van der Waals surface area contributed by atoms with Gasteiger partial charge in [0.1, 0.15) is 0 Å². The first-order valence-corrected chi connectivity index (χ1v) is 9.22. The maximum Gasteiger partial charge on any atom is 0.241 e. The van der Waals surface area contributed by atoms with Crippen molar-refractivity contribution in [2.24, 2.45) is 0 Å². The van der Waals surface area contributed by atoms with Crippen LogP contribution in [0.3, 0.4) is 0 Å². The fraction of sp³-hybridized carbons (Fsp3) is 0.625. The van der Waals surface area contributed by atoms with Crippen LogP contribution in [0.5, 0.6) is 0 Å². The molecule has 5 heteroatoms. The van der Waals surface area contributed by atoms with E-state index in [-0.39, 0.29) is 6.04 Å². The highest BCUT2D eigenvalue weighted by Crippen LogP contribution is 2.19. The van der Waals surface area contributed by atoms with Crippen LogP contribution >= 0.6 is 0 Å². The molecule has 0 aromatic heterocycles. The second kappa shape index (κ2) is 6.90. The molecule has 1 heterocycles. The van der Waals surface area contributed by atoms with Gasteiger partial charge in [-0.3, -0.25) is 0 Å². The molecule has 0 saturated carbocycles. The molecule has 4 nitrogen and oxygen atoms in total. The van der Waals surface area contributed by atoms with Crippen molar-refractivity contribution in [2.75, 3.05) is 19.6 Å². The lowest BCUT2D eigenvalue weighted by atomic mass is 10.1. The first-order chi connectivity index (χ1) is 9.92. The van der Waals surface area contributed by atoms with E-state index in [9.17, 15) is 8.42 Å². The van der Waals surface area contributed by atoms with Gasteiger partial charge in [-0.25, -0.2) is 13.1 Å². The Morgan fingerprint density at radius 1 is 1.24 bits per heavy atom. The van der Waals surface area contributed by atoms with Crippen molar-refractivity contribution >= 4 is 10.0 Å². The smallest absolute Gasteiger partial charge is 0.241 e. The standard InChI is InChI=1S/C16H26N2O2S/c1-4-9-18-10-7-15(8-11-18)17-21(19,20)16-6-5-13(2)12-14(16)3/h5-6,12,15,17H,4,7-11H2,1-3H3. The summed E-state index contributed by atoms with van der Waals surface area (Å²) in [4.78, 5) is 2.81. The van der Waals surface area contributed by atoms with E-state index < -0.39 is 10.0 Å². The van der Waals surface area contributed by atoms with Crippen molar-refractivity contribution < 1.29 is 8.42 Å². The van der Waals surface area contributed by atoms with E-state index in [1.54, 1.807) is 6.07 Å². The van der Waals surface area contributed by atoms with Crippen LogP contribution in [0.15, 0.2) is 23.1 Å². The van der Waals surface area contributed by atoms with Crippen LogP contribution in [0.4, 0.5) is 0 Å². The Hall–Kier alpha value is -0.910. The summed E-state index contributed by atoms with van der Waals surface area (Å²) >= 11 is 0. The van der Waals surface area contributed by atoms with Crippen LogP contribution in [-0.4, -0.2) is 39.0 Å². The SMILES string of the molecule is CCCN1CCC(NS(=O)(=O)c2ccc(C)cc2C)CC1. The van der Waals surface area contributed by atoms with Gasteiger partial charge in [0.2, 0.25) is 10.0 Å². The van der Waals surface area contributed by atoms with Gasteiger partial charge in [0.15, 0.2) is 0 Å². The number of nitrogens with zero attached hydrogens (tertiary/aromatic N) is 1. The van der Waals surface area contributed by atoms with Crippen molar-refractivity contribution in [3.8, 4) is 0 Å². The molecule has 0 unspecified atom stereocenters. The average molecular weight is 310 g/mol. The van der Waals surface area contributed by atoms with Gasteiger partial charge >= 0.3 is 0 Å². The molecule has 1 saturated heterocycles. The van der Waals surface area contributed by atoms with Gasteiger partial charge in [-0.15, -0.1) is 0 Å². The van der Waals surface area contributed by atoms with Crippen molar-refractivity contribution in [3.63, 3.8) is 0 Å². The number of hydrogen-bond acceptors (Lipinski definition) is 3. The Bertz CT molecular complexity index is 576. The maximum atomic E-state index is 12.5. The minimum absolute atomic E-state index is 0.0591. The van der Waals surface area contributed by atoms with E-state index in [2.05, 4.69) is 16.5 Å². The number of likely N-dealkylation sites (tertiary alicyclic amines) is 1. The Kier molecular flexibility index (Phi) is 5.41. The Morgan fingerprint density at radius 2 is 1.90 bits per heavy atom. The third-order valence-corrected chi connectivity index (χ3v) is 5.75. The molecule has 1 N–H and O–H groups in total. The number of rotatable bonds is 5. The largest absolute Gasteiger partial charge is 0.303 e. The summed E-state index contributed by atoms with van der Waals surface area (Å²) in [6, 6.07) is 5.53. The molecule has 2 rings (SSSR count). The van der Waals surface area contributed by atoms with E-state index in [0.29, 0.717) is 4.90 Å². The molecule has 0 spiro atoms. The van der Waals surface area contributed by atoms with Gasteiger partial charge in [-0.2, -0.15) is 0 Å². The molecule has 0 radical (unpaired) electrons. The van der Waals surface area contributed by atoms with Gasteiger partial charge in [-0.05, 0) is 64.4 Å². The van der Waals surface area contributed by atoms with Crippen LogP contribution in [-0.2, 0) is 10.0 Å². The summed E-state index contributed by atoms with van der Waals surface area (Å²) < 4.78 is 27.9. The van der Waals surface area contributed by atoms with E-state index in [1.165, 1.54) is 0 Å². The van der Waals surface area contributed by atoms with E-state index >= 15 is 0 Å². The third kappa shape index (κ3) is 4.28. The van der Waals surface area contributed by atoms with Crippen LogP contribution in [0, 0.1) is 13.8 Å². The minimum Gasteiger partial charge on any atom is -0.303 e. The molecule has 0 aliphatic carbocycles. The van der Waals surface area contributed by atoms with Gasteiger partial charge in [0.25, 0.3) is 0 Å². The fourth-order valence-corrected chi connectivity index (χ4v) is 4.51. The van der Waals surface area contributed by atoms with Crippen LogP contribution < -0.4 is 4.72 Å². The molecule has 1 aromatic rings. The van der Waals surface area contributed by atoms with Crippen molar-refractivity contribution in [1.82, 2.24) is 9.62 Å². The highest BCUT2D eigenvalue weighted by molar-refractivity contribution is 7.89. The second-order valence-corrected chi connectivity index (χ2v) is 7.69. The Balaban J connectivity index is 2.02. The number of nitrogens with one attached hydrogen (secondary N) is 1. The molecule has 1 fully saturated rings. The molecule has 1 aromatic carbocycles. The highest BCUT2D eigenvalue weighted by atomic mass is 32.2. The number of hydrogen-bond donors (Lipinski definition) is 1. The summed E-state index contributed by atoms with van der Waals surface area (Å²) in [5, 5.41) is 0. The van der Waals surface area contributed by atoms with Crippen molar-refractivity contribution in [3.05, 3.63) is 29.3 Å². The molecule has 0 amide bonds. The zero-order valence-electron chi connectivity index (χ0n) is 13.2. The Morgan fingerprint density at radius 3 is 2.48 bits per heavy atom. The zero-order chi connectivity index (χ0) is 15.5. The van der Waals surface area contributed by atoms with Gasteiger partial charge in [-0.1, -0.05) is 24.6 Å². The number of piperidine rings is 1. The molecule has 0 bridgehead atoms. The monoisotopic (exact) mass is 310 g/mol. The molecular weight excluding hydrogens is 284 g/mol. The minimum atomic E-state index is -3.41. The summed E-state index contributed by atoms with van der Waals surface area (Å²) in [7, 11) is -3.41. The second-order valence-electron chi connectivity index (χ2n) is 6.01. The normalized spacial score (nSPS) is 18.0. The van der Waals surface area contributed by atoms with Gasteiger partial charge in [0.05, 0.1) is 4.90 Å². The van der Waals surface area contributed by atoms with Gasteiger partial charge in [0, 0.05) is 6.04 Å². The predicted molar refractivity (Wildman–Crippen MR) is 86.0 cm³/mol. The summed E-state index contributed by atoms with van der Waals surface area (Å²) in [5.41, 5.74) is 1.89. The van der Waals surface area contributed by atoms with Crippen molar-refractivity contribution in [1.29, 1.82) is 0 Å². The molecular formula is C16H26N2O2S. The van der Waals surface area contributed by atoms with E-state index in [4.69, 9.17) is 0 Å². The topological polar surface area (TPSA) is 49.4 Å². The zero-order valence-corrected chi connectivity index (χ0v) is 14.0. The lowest BCUT2D eigenvalue weighted by Gasteiger charge is -2.32. The quantitative estimate of drug-likeness (QED) is 0.909. The first kappa shape index (κ1) is 16.5. The Labute approximate surface area is 128 Å².